The molecule has 3 N–H and O–H groups in total. The molecule has 0 saturated heterocycles. The number of aliphatic hydroxyl groups is 1. The molecule has 0 heterocycles. The van der Waals surface area contributed by atoms with Crippen molar-refractivity contribution in [3.63, 3.8) is 0 Å². The third-order valence-corrected chi connectivity index (χ3v) is 8.75. The zero-order valence-corrected chi connectivity index (χ0v) is 31.8. The molecule has 2 unspecified atom stereocenters. The number of ether oxygens (including phenoxy) is 1. The SMILES string of the molecule is CCCCC/C=C\C/C=C\C/C=C\C/C=C\CCCCCCCCCC(=O)OCC(O)COP(=O)(O)OCCNC(=O)CCCCCCC. The third kappa shape index (κ3) is 37.1. The summed E-state index contributed by atoms with van der Waals surface area (Å²) in [4.78, 5) is 33.5. The van der Waals surface area contributed by atoms with Crippen molar-refractivity contribution in [1.29, 1.82) is 0 Å². The maximum atomic E-state index is 12.0. The van der Waals surface area contributed by atoms with E-state index < -0.39 is 26.5 Å². The van der Waals surface area contributed by atoms with Gasteiger partial charge in [-0.3, -0.25) is 18.6 Å². The summed E-state index contributed by atoms with van der Waals surface area (Å²) < 4.78 is 26.6. The second-order valence-electron chi connectivity index (χ2n) is 12.6. The van der Waals surface area contributed by atoms with Gasteiger partial charge in [-0.15, -0.1) is 0 Å². The lowest BCUT2D eigenvalue weighted by Gasteiger charge is -2.15. The van der Waals surface area contributed by atoms with Crippen LogP contribution in [0.2, 0.25) is 0 Å². The van der Waals surface area contributed by atoms with Crippen LogP contribution >= 0.6 is 7.82 Å². The summed E-state index contributed by atoms with van der Waals surface area (Å²) in [5.74, 6) is -0.543. The Hall–Kier alpha value is -2.03. The molecule has 1 amide bonds. The molecule has 0 fully saturated rings. The molecule has 9 nitrogen and oxygen atoms in total. The second-order valence-corrected chi connectivity index (χ2v) is 14.0. The Bertz CT molecular complexity index is 949. The first kappa shape index (κ1) is 47.0. The fourth-order valence-corrected chi connectivity index (χ4v) is 5.59. The van der Waals surface area contributed by atoms with Crippen LogP contribution in [0, 0.1) is 0 Å². The van der Waals surface area contributed by atoms with Gasteiger partial charge >= 0.3 is 13.8 Å². The van der Waals surface area contributed by atoms with Crippen molar-refractivity contribution >= 4 is 19.7 Å². The number of allylic oxidation sites excluding steroid dienone is 8. The van der Waals surface area contributed by atoms with Crippen molar-refractivity contribution in [3.05, 3.63) is 48.6 Å². The molecule has 0 aromatic carbocycles. The molecule has 0 aliphatic heterocycles. The average Bonchev–Trinajstić information content (AvgIpc) is 3.08. The number of hydrogen-bond acceptors (Lipinski definition) is 7. The Morgan fingerprint density at radius 1 is 0.633 bits per heavy atom. The van der Waals surface area contributed by atoms with Gasteiger partial charge in [-0.25, -0.2) is 4.57 Å². The van der Waals surface area contributed by atoms with Gasteiger partial charge in [0.15, 0.2) is 0 Å². The molecule has 0 aliphatic carbocycles. The predicted molar refractivity (Wildman–Crippen MR) is 201 cm³/mol. The first-order valence-corrected chi connectivity index (χ1v) is 20.6. The normalized spacial score (nSPS) is 14.0. The minimum atomic E-state index is -4.40. The van der Waals surface area contributed by atoms with E-state index in [1.165, 1.54) is 44.9 Å². The van der Waals surface area contributed by atoms with Crippen LogP contribution in [0.3, 0.4) is 0 Å². The molecule has 0 spiro atoms. The van der Waals surface area contributed by atoms with Crippen molar-refractivity contribution in [1.82, 2.24) is 5.32 Å². The molecule has 49 heavy (non-hydrogen) atoms. The van der Waals surface area contributed by atoms with Crippen molar-refractivity contribution in [2.24, 2.45) is 0 Å². The standard InChI is InChI=1S/C39H70NO8P/c1-3-5-7-9-10-11-12-13-14-15-16-17-18-19-20-21-22-23-24-25-26-28-30-32-39(43)46-35-37(41)36-48-49(44,45)47-34-33-40-38(42)31-29-27-8-6-4-2/h10-11,13-14,16-17,19-20,37,41H,3-9,12,15,18,21-36H2,1-2H3,(H,40,42)(H,44,45)/b11-10-,14-13-,17-16-,20-19-. The third-order valence-electron chi connectivity index (χ3n) is 7.76. The Morgan fingerprint density at radius 3 is 1.69 bits per heavy atom. The molecular formula is C39H70NO8P. The molecule has 0 rings (SSSR count). The minimum absolute atomic E-state index is 0.0780. The first-order chi connectivity index (χ1) is 23.8. The maximum Gasteiger partial charge on any atom is 0.472 e. The summed E-state index contributed by atoms with van der Waals surface area (Å²) in [6, 6.07) is 0. The summed E-state index contributed by atoms with van der Waals surface area (Å²) in [5, 5.41) is 12.6. The van der Waals surface area contributed by atoms with Crippen LogP contribution < -0.4 is 5.32 Å². The summed E-state index contributed by atoms with van der Waals surface area (Å²) >= 11 is 0. The lowest BCUT2D eigenvalue weighted by Crippen LogP contribution is -2.27. The topological polar surface area (TPSA) is 131 Å². The molecule has 0 bridgehead atoms. The fraction of sp³-hybridized carbons (Fsp3) is 0.744. The molecule has 0 radical (unpaired) electrons. The lowest BCUT2D eigenvalue weighted by atomic mass is 10.1. The van der Waals surface area contributed by atoms with Gasteiger partial charge in [-0.1, -0.05) is 133 Å². The minimum Gasteiger partial charge on any atom is -0.463 e. The number of esters is 1. The number of phosphoric acid groups is 1. The highest BCUT2D eigenvalue weighted by atomic mass is 31.2. The lowest BCUT2D eigenvalue weighted by molar-refractivity contribution is -0.147. The quantitative estimate of drug-likeness (QED) is 0.0256. The number of hydrogen-bond donors (Lipinski definition) is 3. The van der Waals surface area contributed by atoms with E-state index in [0.29, 0.717) is 6.42 Å². The van der Waals surface area contributed by atoms with E-state index in [4.69, 9.17) is 13.8 Å². The zero-order chi connectivity index (χ0) is 36.1. The molecule has 0 saturated carbocycles. The molecule has 284 valence electrons. The van der Waals surface area contributed by atoms with Gasteiger partial charge in [-0.2, -0.15) is 0 Å². The Morgan fingerprint density at radius 2 is 1.10 bits per heavy atom. The van der Waals surface area contributed by atoms with Crippen LogP contribution in [-0.4, -0.2) is 54.3 Å². The summed E-state index contributed by atoms with van der Waals surface area (Å²) in [6.07, 6.45) is 39.4. The van der Waals surface area contributed by atoms with E-state index in [1.807, 2.05) is 0 Å². The Labute approximate surface area is 298 Å². The Kier molecular flexibility index (Phi) is 34.3. The van der Waals surface area contributed by atoms with E-state index in [1.54, 1.807) is 0 Å². The fourth-order valence-electron chi connectivity index (χ4n) is 4.83. The van der Waals surface area contributed by atoms with Crippen molar-refractivity contribution in [3.8, 4) is 0 Å². The van der Waals surface area contributed by atoms with Gasteiger partial charge in [0.2, 0.25) is 5.91 Å². The maximum absolute atomic E-state index is 12.0. The predicted octanol–water partition coefficient (Wildman–Crippen LogP) is 9.99. The molecule has 0 aliphatic rings. The number of carbonyl (C=O) groups is 2. The average molecular weight is 712 g/mol. The number of amides is 1. The van der Waals surface area contributed by atoms with Gasteiger partial charge in [0.25, 0.3) is 0 Å². The highest BCUT2D eigenvalue weighted by Crippen LogP contribution is 2.42. The highest BCUT2D eigenvalue weighted by molar-refractivity contribution is 7.47. The number of phosphoric ester groups is 1. The van der Waals surface area contributed by atoms with Crippen molar-refractivity contribution in [2.45, 2.75) is 161 Å². The van der Waals surface area contributed by atoms with E-state index >= 15 is 0 Å². The smallest absolute Gasteiger partial charge is 0.463 e. The largest absolute Gasteiger partial charge is 0.472 e. The summed E-state index contributed by atoms with van der Waals surface area (Å²) in [7, 11) is -4.40. The summed E-state index contributed by atoms with van der Waals surface area (Å²) in [6.45, 7) is 3.40. The van der Waals surface area contributed by atoms with E-state index in [0.717, 1.165) is 83.5 Å². The summed E-state index contributed by atoms with van der Waals surface area (Å²) in [5.41, 5.74) is 0. The van der Waals surface area contributed by atoms with E-state index in [-0.39, 0.29) is 32.1 Å². The number of aliphatic hydroxyl groups excluding tert-OH is 1. The highest BCUT2D eigenvalue weighted by Gasteiger charge is 2.23. The van der Waals surface area contributed by atoms with Gasteiger partial charge in [-0.05, 0) is 57.8 Å². The van der Waals surface area contributed by atoms with E-state index in [9.17, 15) is 24.2 Å². The van der Waals surface area contributed by atoms with Crippen LogP contribution in [-0.2, 0) is 27.9 Å². The monoisotopic (exact) mass is 711 g/mol. The van der Waals surface area contributed by atoms with Crippen LogP contribution in [0.4, 0.5) is 0 Å². The van der Waals surface area contributed by atoms with Gasteiger partial charge in [0.05, 0.1) is 13.2 Å². The van der Waals surface area contributed by atoms with Crippen molar-refractivity contribution in [2.75, 3.05) is 26.4 Å². The van der Waals surface area contributed by atoms with Gasteiger partial charge in [0.1, 0.15) is 12.7 Å². The Balaban J connectivity index is 3.62. The molecule has 2 atom stereocenters. The van der Waals surface area contributed by atoms with Crippen LogP contribution in [0.15, 0.2) is 48.6 Å². The first-order valence-electron chi connectivity index (χ1n) is 19.1. The molecular weight excluding hydrogens is 641 g/mol. The molecule has 10 heteroatoms. The number of nitrogens with one attached hydrogen (secondary N) is 1. The van der Waals surface area contributed by atoms with Gasteiger partial charge in [0, 0.05) is 19.4 Å². The van der Waals surface area contributed by atoms with E-state index in [2.05, 4.69) is 67.8 Å². The van der Waals surface area contributed by atoms with Gasteiger partial charge < -0.3 is 20.1 Å². The molecule has 0 aromatic heterocycles. The number of rotatable bonds is 35. The number of carbonyl (C=O) groups excluding carboxylic acids is 2. The zero-order valence-electron chi connectivity index (χ0n) is 30.9. The molecule has 0 aromatic rings. The van der Waals surface area contributed by atoms with Crippen LogP contribution in [0.25, 0.3) is 0 Å². The van der Waals surface area contributed by atoms with Crippen molar-refractivity contribution < 1.29 is 37.9 Å². The van der Waals surface area contributed by atoms with Crippen LogP contribution in [0.1, 0.15) is 155 Å². The number of unbranched alkanes of at least 4 members (excludes halogenated alkanes) is 14. The van der Waals surface area contributed by atoms with Crippen LogP contribution in [0.5, 0.6) is 0 Å². The second kappa shape index (κ2) is 35.8.